The Bertz CT molecular complexity index is 1430. The van der Waals surface area contributed by atoms with Gasteiger partial charge in [0, 0.05) is 24.9 Å². The zero-order valence-corrected chi connectivity index (χ0v) is 20.7. The van der Waals surface area contributed by atoms with Crippen LogP contribution >= 0.6 is 11.6 Å². The average Bonchev–Trinajstić information content (AvgIpc) is 3.23. The van der Waals surface area contributed by atoms with E-state index in [4.69, 9.17) is 16.3 Å². The lowest BCUT2D eigenvalue weighted by atomic mass is 9.95. The Kier molecular flexibility index (Phi) is 6.58. The molecule has 34 heavy (non-hydrogen) atoms. The second-order valence-corrected chi connectivity index (χ2v) is 10.2. The number of hydrogen-bond acceptors (Lipinski definition) is 6. The van der Waals surface area contributed by atoms with Crippen LogP contribution in [-0.4, -0.2) is 28.2 Å². The van der Waals surface area contributed by atoms with Crippen molar-refractivity contribution in [2.45, 2.75) is 31.6 Å². The topological polar surface area (TPSA) is 99.0 Å². The minimum Gasteiger partial charge on any atom is -0.437 e. The van der Waals surface area contributed by atoms with E-state index in [-0.39, 0.29) is 22.6 Å². The number of anilines is 1. The molecule has 0 saturated carbocycles. The molecule has 0 amide bonds. The summed E-state index contributed by atoms with van der Waals surface area (Å²) in [4.78, 5) is 8.82. The summed E-state index contributed by atoms with van der Waals surface area (Å²) >= 11 is 6.34. The number of nitrogens with one attached hydrogen (secondary N) is 1. The zero-order valence-electron chi connectivity index (χ0n) is 19.2. The third-order valence-corrected chi connectivity index (χ3v) is 6.73. The molecule has 4 rings (SSSR count). The number of aryl methyl sites for hydroxylation is 2. The van der Waals surface area contributed by atoms with Gasteiger partial charge in [-0.3, -0.25) is 4.68 Å². The van der Waals surface area contributed by atoms with Crippen molar-refractivity contribution in [3.8, 4) is 22.9 Å². The summed E-state index contributed by atoms with van der Waals surface area (Å²) in [5, 5.41) is 4.35. The zero-order chi connectivity index (χ0) is 24.5. The molecule has 0 radical (unpaired) electrons. The molecule has 2 aromatic heterocycles. The van der Waals surface area contributed by atoms with Gasteiger partial charge in [0.25, 0.3) is 10.0 Å². The number of sulfonamides is 1. The minimum atomic E-state index is -3.96. The number of rotatable bonds is 7. The third-order valence-electron chi connectivity index (χ3n) is 5.15. The van der Waals surface area contributed by atoms with Gasteiger partial charge in [0.2, 0.25) is 11.8 Å². The second-order valence-electron chi connectivity index (χ2n) is 8.10. The molecule has 0 aliphatic carbocycles. The Morgan fingerprint density at radius 1 is 1.09 bits per heavy atom. The molecule has 0 atom stereocenters. The van der Waals surface area contributed by atoms with E-state index in [1.165, 1.54) is 17.1 Å². The van der Waals surface area contributed by atoms with Crippen LogP contribution in [0.3, 0.4) is 0 Å². The van der Waals surface area contributed by atoms with Gasteiger partial charge < -0.3 is 4.74 Å². The monoisotopic (exact) mass is 497 g/mol. The van der Waals surface area contributed by atoms with Gasteiger partial charge in [0.15, 0.2) is 5.75 Å². The van der Waals surface area contributed by atoms with Crippen LogP contribution in [-0.2, 0) is 17.1 Å². The summed E-state index contributed by atoms with van der Waals surface area (Å²) in [6, 6.07) is 14.9. The predicted molar refractivity (Wildman–Crippen MR) is 132 cm³/mol. The van der Waals surface area contributed by atoms with Gasteiger partial charge in [-0.2, -0.15) is 10.1 Å². The van der Waals surface area contributed by atoms with Crippen molar-refractivity contribution in [2.75, 3.05) is 4.72 Å². The molecule has 8 nitrogen and oxygen atoms in total. The number of hydrogen-bond donors (Lipinski definition) is 1. The lowest BCUT2D eigenvalue weighted by molar-refractivity contribution is 0.459. The van der Waals surface area contributed by atoms with Crippen LogP contribution in [0.5, 0.6) is 11.6 Å². The van der Waals surface area contributed by atoms with Crippen molar-refractivity contribution in [2.24, 2.45) is 7.05 Å². The van der Waals surface area contributed by atoms with Gasteiger partial charge in [-0.05, 0) is 30.0 Å². The Hall–Kier alpha value is -3.43. The van der Waals surface area contributed by atoms with Crippen molar-refractivity contribution in [1.82, 2.24) is 19.7 Å². The van der Waals surface area contributed by atoms with E-state index >= 15 is 0 Å². The third kappa shape index (κ3) is 5.05. The van der Waals surface area contributed by atoms with Crippen LogP contribution in [0.2, 0.25) is 5.02 Å². The lowest BCUT2D eigenvalue weighted by Gasteiger charge is -2.15. The van der Waals surface area contributed by atoms with Crippen LogP contribution < -0.4 is 9.46 Å². The number of para-hydroxylation sites is 1. The van der Waals surface area contributed by atoms with Crippen molar-refractivity contribution in [3.05, 3.63) is 77.1 Å². The fourth-order valence-corrected chi connectivity index (χ4v) is 4.65. The maximum atomic E-state index is 12.9. The number of benzene rings is 2. The first-order valence-electron chi connectivity index (χ1n) is 10.6. The molecule has 0 aliphatic heterocycles. The maximum Gasteiger partial charge on any atom is 0.267 e. The Labute approximate surface area is 203 Å². The molecule has 2 heterocycles. The van der Waals surface area contributed by atoms with Crippen LogP contribution in [0.25, 0.3) is 11.3 Å². The van der Waals surface area contributed by atoms with Gasteiger partial charge in [0.1, 0.15) is 4.90 Å². The Balaban J connectivity index is 1.83. The van der Waals surface area contributed by atoms with E-state index in [0.717, 1.165) is 16.7 Å². The van der Waals surface area contributed by atoms with Crippen LogP contribution in [0.4, 0.5) is 5.95 Å². The van der Waals surface area contributed by atoms with E-state index in [1.807, 2.05) is 43.3 Å². The molecule has 10 heteroatoms. The molecule has 2 aromatic carbocycles. The Morgan fingerprint density at radius 2 is 1.85 bits per heavy atom. The first-order valence-corrected chi connectivity index (χ1v) is 12.4. The quantitative estimate of drug-likeness (QED) is 0.359. The summed E-state index contributed by atoms with van der Waals surface area (Å²) in [7, 11) is -2.33. The number of ether oxygens (including phenoxy) is 1. The van der Waals surface area contributed by atoms with Crippen molar-refractivity contribution in [3.63, 3.8) is 0 Å². The van der Waals surface area contributed by atoms with Crippen LogP contribution in [0, 0.1) is 6.92 Å². The van der Waals surface area contributed by atoms with Gasteiger partial charge in [-0.1, -0.05) is 61.8 Å². The molecule has 0 bridgehead atoms. The van der Waals surface area contributed by atoms with Gasteiger partial charge in [-0.25, -0.2) is 18.1 Å². The highest BCUT2D eigenvalue weighted by Gasteiger charge is 2.21. The lowest BCUT2D eigenvalue weighted by Crippen LogP contribution is -2.15. The van der Waals surface area contributed by atoms with E-state index in [0.29, 0.717) is 16.5 Å². The largest absolute Gasteiger partial charge is 0.437 e. The first-order chi connectivity index (χ1) is 16.1. The molecule has 4 aromatic rings. The van der Waals surface area contributed by atoms with E-state index in [1.54, 1.807) is 19.2 Å². The highest BCUT2D eigenvalue weighted by molar-refractivity contribution is 7.92. The maximum absolute atomic E-state index is 12.9. The summed E-state index contributed by atoms with van der Waals surface area (Å²) in [5.41, 5.74) is 3.24. The SMILES string of the molecule is Cc1cccc(Cl)c1Oc1cc(-c2ccccc2C(C)C)nc(NS(=O)(=O)c2cnn(C)c2)n1. The van der Waals surface area contributed by atoms with E-state index in [9.17, 15) is 8.42 Å². The van der Waals surface area contributed by atoms with E-state index in [2.05, 4.69) is 33.6 Å². The highest BCUT2D eigenvalue weighted by Crippen LogP contribution is 2.35. The van der Waals surface area contributed by atoms with Crippen LogP contribution in [0.1, 0.15) is 30.9 Å². The van der Waals surface area contributed by atoms with Crippen molar-refractivity contribution in [1.29, 1.82) is 0 Å². The van der Waals surface area contributed by atoms with E-state index < -0.39 is 10.0 Å². The minimum absolute atomic E-state index is 0.00370. The van der Waals surface area contributed by atoms with Crippen molar-refractivity contribution < 1.29 is 13.2 Å². The van der Waals surface area contributed by atoms with Crippen LogP contribution in [0.15, 0.2) is 65.8 Å². The molecular formula is C24H24ClN5O3S. The molecule has 176 valence electrons. The Morgan fingerprint density at radius 3 is 2.53 bits per heavy atom. The molecule has 1 N–H and O–H groups in total. The molecule has 0 fully saturated rings. The summed E-state index contributed by atoms with van der Waals surface area (Å²) < 4.78 is 35.7. The summed E-state index contributed by atoms with van der Waals surface area (Å²) in [6.07, 6.45) is 2.65. The van der Waals surface area contributed by atoms with Gasteiger partial charge in [-0.15, -0.1) is 0 Å². The second kappa shape index (κ2) is 9.44. The van der Waals surface area contributed by atoms with Gasteiger partial charge >= 0.3 is 0 Å². The number of aromatic nitrogens is 4. The first kappa shape index (κ1) is 23.7. The average molecular weight is 498 g/mol. The fraction of sp³-hybridized carbons (Fsp3) is 0.208. The number of nitrogens with zero attached hydrogens (tertiary/aromatic N) is 4. The molecule has 0 spiro atoms. The van der Waals surface area contributed by atoms with Crippen molar-refractivity contribution >= 4 is 27.6 Å². The number of halogens is 1. The molecule has 0 saturated heterocycles. The molecule has 0 unspecified atom stereocenters. The normalized spacial score (nSPS) is 11.6. The smallest absolute Gasteiger partial charge is 0.267 e. The molecular weight excluding hydrogens is 474 g/mol. The molecule has 0 aliphatic rings. The highest BCUT2D eigenvalue weighted by atomic mass is 35.5. The fourth-order valence-electron chi connectivity index (χ4n) is 3.46. The summed E-state index contributed by atoms with van der Waals surface area (Å²) in [6.45, 7) is 6.02. The standard InChI is InChI=1S/C24H24ClN5O3S/c1-15(2)18-9-5-6-10-19(18)21-12-22(33-23-16(3)8-7-11-20(23)25)28-24(27-21)29-34(31,32)17-13-26-30(4)14-17/h5-15H,1-4H3,(H,27,28,29). The predicted octanol–water partition coefficient (Wildman–Crippen LogP) is 5.56. The van der Waals surface area contributed by atoms with Gasteiger partial charge in [0.05, 0.1) is 16.9 Å². The summed E-state index contributed by atoms with van der Waals surface area (Å²) in [5.74, 6) is 0.687.